The predicted octanol–water partition coefficient (Wildman–Crippen LogP) is 2.06. The molecule has 5 nitrogen and oxygen atoms in total. The SMILES string of the molecule is Cc1cc(C(C)C)nc(N2CCCC(C(=N)N)C2)n1. The molecule has 5 heteroatoms. The Kier molecular flexibility index (Phi) is 4.02. The van der Waals surface area contributed by atoms with Gasteiger partial charge in [-0.05, 0) is 31.7 Å². The maximum Gasteiger partial charge on any atom is 0.225 e. The Hall–Kier alpha value is -1.65. The van der Waals surface area contributed by atoms with Crippen molar-refractivity contribution < 1.29 is 0 Å². The summed E-state index contributed by atoms with van der Waals surface area (Å²) in [5.74, 6) is 1.60. The highest BCUT2D eigenvalue weighted by atomic mass is 15.3. The molecule has 19 heavy (non-hydrogen) atoms. The molecule has 1 aliphatic heterocycles. The largest absolute Gasteiger partial charge is 0.387 e. The molecule has 1 unspecified atom stereocenters. The standard InChI is InChI=1S/C14H23N5/c1-9(2)12-7-10(3)17-14(18-12)19-6-4-5-11(8-19)13(15)16/h7,9,11H,4-6,8H2,1-3H3,(H3,15,16). The van der Waals surface area contributed by atoms with E-state index in [9.17, 15) is 0 Å². The van der Waals surface area contributed by atoms with E-state index in [1.807, 2.05) is 13.0 Å². The monoisotopic (exact) mass is 261 g/mol. The molecule has 3 N–H and O–H groups in total. The van der Waals surface area contributed by atoms with E-state index >= 15 is 0 Å². The van der Waals surface area contributed by atoms with Crippen molar-refractivity contribution in [3.05, 3.63) is 17.5 Å². The van der Waals surface area contributed by atoms with Gasteiger partial charge in [-0.1, -0.05) is 13.8 Å². The second kappa shape index (κ2) is 5.55. The van der Waals surface area contributed by atoms with Gasteiger partial charge < -0.3 is 10.6 Å². The van der Waals surface area contributed by atoms with E-state index in [-0.39, 0.29) is 11.8 Å². The minimum absolute atomic E-state index is 0.139. The smallest absolute Gasteiger partial charge is 0.225 e. The molecule has 1 fully saturated rings. The molecule has 1 aromatic rings. The fourth-order valence-corrected chi connectivity index (χ4v) is 2.43. The molecule has 0 saturated carbocycles. The Bertz CT molecular complexity index is 469. The van der Waals surface area contributed by atoms with E-state index < -0.39 is 0 Å². The third kappa shape index (κ3) is 3.22. The summed E-state index contributed by atoms with van der Waals surface area (Å²) < 4.78 is 0. The second-order valence-electron chi connectivity index (χ2n) is 5.63. The van der Waals surface area contributed by atoms with E-state index in [0.29, 0.717) is 5.92 Å². The van der Waals surface area contributed by atoms with Crippen LogP contribution in [0, 0.1) is 18.3 Å². The summed E-state index contributed by atoms with van der Waals surface area (Å²) in [4.78, 5) is 11.4. The van der Waals surface area contributed by atoms with Crippen molar-refractivity contribution in [1.82, 2.24) is 9.97 Å². The summed E-state index contributed by atoms with van der Waals surface area (Å²) >= 11 is 0. The van der Waals surface area contributed by atoms with Gasteiger partial charge in [0.2, 0.25) is 5.95 Å². The molecule has 104 valence electrons. The normalized spacial score (nSPS) is 19.8. The molecule has 0 amide bonds. The minimum Gasteiger partial charge on any atom is -0.387 e. The zero-order chi connectivity index (χ0) is 14.0. The third-order valence-corrected chi connectivity index (χ3v) is 3.60. The van der Waals surface area contributed by atoms with Crippen LogP contribution in [-0.2, 0) is 0 Å². The fourth-order valence-electron chi connectivity index (χ4n) is 2.43. The van der Waals surface area contributed by atoms with Gasteiger partial charge in [-0.15, -0.1) is 0 Å². The zero-order valence-corrected chi connectivity index (χ0v) is 12.0. The molecule has 1 saturated heterocycles. The van der Waals surface area contributed by atoms with Crippen LogP contribution >= 0.6 is 0 Å². The van der Waals surface area contributed by atoms with E-state index in [1.165, 1.54) is 0 Å². The number of aryl methyl sites for hydroxylation is 1. The zero-order valence-electron chi connectivity index (χ0n) is 12.0. The molecular formula is C14H23N5. The average molecular weight is 261 g/mol. The molecule has 0 aromatic carbocycles. The summed E-state index contributed by atoms with van der Waals surface area (Å²) in [6.07, 6.45) is 2.03. The summed E-state index contributed by atoms with van der Waals surface area (Å²) in [6.45, 7) is 7.99. The molecule has 1 atom stereocenters. The number of hydrogen-bond donors (Lipinski definition) is 2. The Labute approximate surface area is 114 Å². The lowest BCUT2D eigenvalue weighted by Gasteiger charge is -2.32. The van der Waals surface area contributed by atoms with Crippen LogP contribution in [0.3, 0.4) is 0 Å². The summed E-state index contributed by atoms with van der Waals surface area (Å²) in [6, 6.07) is 2.04. The lowest BCUT2D eigenvalue weighted by molar-refractivity contribution is 0.495. The summed E-state index contributed by atoms with van der Waals surface area (Å²) in [5.41, 5.74) is 7.71. The van der Waals surface area contributed by atoms with E-state index in [0.717, 1.165) is 43.3 Å². The number of piperidine rings is 1. The number of anilines is 1. The Morgan fingerprint density at radius 3 is 2.84 bits per heavy atom. The molecule has 0 bridgehead atoms. The Morgan fingerprint density at radius 2 is 2.21 bits per heavy atom. The van der Waals surface area contributed by atoms with Crippen molar-refractivity contribution in [3.8, 4) is 0 Å². The van der Waals surface area contributed by atoms with Crippen LogP contribution in [0.5, 0.6) is 0 Å². The van der Waals surface area contributed by atoms with Gasteiger partial charge in [0.25, 0.3) is 0 Å². The van der Waals surface area contributed by atoms with Crippen molar-refractivity contribution in [2.75, 3.05) is 18.0 Å². The van der Waals surface area contributed by atoms with E-state index in [1.54, 1.807) is 0 Å². The van der Waals surface area contributed by atoms with Crippen LogP contribution in [0.1, 0.15) is 44.0 Å². The van der Waals surface area contributed by atoms with Crippen molar-refractivity contribution in [2.24, 2.45) is 11.7 Å². The molecule has 0 radical (unpaired) electrons. The molecule has 0 aliphatic carbocycles. The number of hydrogen-bond acceptors (Lipinski definition) is 4. The lowest BCUT2D eigenvalue weighted by Crippen LogP contribution is -2.41. The van der Waals surface area contributed by atoms with Gasteiger partial charge in [0.1, 0.15) is 0 Å². The van der Waals surface area contributed by atoms with Crippen molar-refractivity contribution in [2.45, 2.75) is 39.5 Å². The van der Waals surface area contributed by atoms with Crippen molar-refractivity contribution >= 4 is 11.8 Å². The molecule has 1 aromatic heterocycles. The van der Waals surface area contributed by atoms with Gasteiger partial charge in [-0.2, -0.15) is 0 Å². The first kappa shape index (κ1) is 13.8. The van der Waals surface area contributed by atoms with Crippen LogP contribution in [0.25, 0.3) is 0 Å². The first-order chi connectivity index (χ1) is 8.97. The van der Waals surface area contributed by atoms with Crippen LogP contribution in [0.4, 0.5) is 5.95 Å². The van der Waals surface area contributed by atoms with Gasteiger partial charge in [-0.3, -0.25) is 5.41 Å². The number of nitrogens with zero attached hydrogens (tertiary/aromatic N) is 3. The number of rotatable bonds is 3. The topological polar surface area (TPSA) is 78.9 Å². The maximum atomic E-state index is 7.60. The highest BCUT2D eigenvalue weighted by molar-refractivity contribution is 5.80. The number of aromatic nitrogens is 2. The van der Waals surface area contributed by atoms with Crippen molar-refractivity contribution in [1.29, 1.82) is 5.41 Å². The second-order valence-corrected chi connectivity index (χ2v) is 5.63. The quantitative estimate of drug-likeness (QED) is 0.645. The minimum atomic E-state index is 0.139. The average Bonchev–Trinajstić information content (AvgIpc) is 2.38. The summed E-state index contributed by atoms with van der Waals surface area (Å²) in [5, 5.41) is 7.60. The van der Waals surface area contributed by atoms with Crippen LogP contribution in [0.2, 0.25) is 0 Å². The maximum absolute atomic E-state index is 7.60. The molecule has 1 aliphatic rings. The predicted molar refractivity (Wildman–Crippen MR) is 77.7 cm³/mol. The van der Waals surface area contributed by atoms with Gasteiger partial charge in [0.05, 0.1) is 5.84 Å². The first-order valence-electron chi connectivity index (χ1n) is 6.92. The summed E-state index contributed by atoms with van der Waals surface area (Å²) in [7, 11) is 0. The van der Waals surface area contributed by atoms with Gasteiger partial charge in [0.15, 0.2) is 0 Å². The Morgan fingerprint density at radius 1 is 1.47 bits per heavy atom. The molecule has 0 spiro atoms. The first-order valence-corrected chi connectivity index (χ1v) is 6.92. The number of nitrogens with two attached hydrogens (primary N) is 1. The highest BCUT2D eigenvalue weighted by Crippen LogP contribution is 2.22. The Balaban J connectivity index is 2.23. The number of nitrogens with one attached hydrogen (secondary N) is 1. The van der Waals surface area contributed by atoms with Gasteiger partial charge in [-0.25, -0.2) is 9.97 Å². The lowest BCUT2D eigenvalue weighted by atomic mass is 9.97. The van der Waals surface area contributed by atoms with Crippen LogP contribution in [0.15, 0.2) is 6.07 Å². The third-order valence-electron chi connectivity index (χ3n) is 3.60. The van der Waals surface area contributed by atoms with Crippen molar-refractivity contribution in [3.63, 3.8) is 0 Å². The van der Waals surface area contributed by atoms with Crippen LogP contribution < -0.4 is 10.6 Å². The highest BCUT2D eigenvalue weighted by Gasteiger charge is 2.24. The number of amidine groups is 1. The fraction of sp³-hybridized carbons (Fsp3) is 0.643. The molecule has 2 rings (SSSR count). The van der Waals surface area contributed by atoms with Gasteiger partial charge in [0, 0.05) is 30.4 Å². The molecule has 2 heterocycles. The van der Waals surface area contributed by atoms with Gasteiger partial charge >= 0.3 is 0 Å². The van der Waals surface area contributed by atoms with Crippen LogP contribution in [-0.4, -0.2) is 28.9 Å². The molecular weight excluding hydrogens is 238 g/mol. The van der Waals surface area contributed by atoms with E-state index in [2.05, 4.69) is 28.7 Å². The van der Waals surface area contributed by atoms with E-state index in [4.69, 9.17) is 11.1 Å².